The van der Waals surface area contributed by atoms with Gasteiger partial charge in [-0.25, -0.2) is 4.79 Å². The van der Waals surface area contributed by atoms with E-state index in [1.54, 1.807) is 0 Å². The van der Waals surface area contributed by atoms with Crippen LogP contribution in [0.25, 0.3) is 0 Å². The normalized spacial score (nSPS) is 14.4. The van der Waals surface area contributed by atoms with Gasteiger partial charge in [0.25, 0.3) is 0 Å². The number of carbonyl (C=O) groups is 1. The quantitative estimate of drug-likeness (QED) is 0.781. The average Bonchev–Trinajstić information content (AvgIpc) is 2.21. The number of ether oxygens (including phenoxy) is 1. The molecule has 0 radical (unpaired) electrons. The molecule has 0 aromatic heterocycles. The van der Waals surface area contributed by atoms with Gasteiger partial charge in [-0.2, -0.15) is 0 Å². The van der Waals surface area contributed by atoms with E-state index in [0.717, 1.165) is 6.54 Å². The third-order valence-corrected chi connectivity index (χ3v) is 3.42. The second-order valence-electron chi connectivity index (χ2n) is 7.31. The summed E-state index contributed by atoms with van der Waals surface area (Å²) in [5, 5.41) is 6.23. The smallest absolute Gasteiger partial charge is 0.407 e. The largest absolute Gasteiger partial charge is 0.444 e. The fraction of sp³-hybridized carbons (Fsp3) is 0.933. The van der Waals surface area contributed by atoms with Crippen molar-refractivity contribution in [3.05, 3.63) is 0 Å². The molecule has 4 nitrogen and oxygen atoms in total. The first kappa shape index (κ1) is 18.2. The van der Waals surface area contributed by atoms with Gasteiger partial charge >= 0.3 is 6.09 Å². The van der Waals surface area contributed by atoms with Crippen molar-refractivity contribution in [3.8, 4) is 0 Å². The monoisotopic (exact) mass is 272 g/mol. The van der Waals surface area contributed by atoms with Crippen molar-refractivity contribution in [2.45, 2.75) is 67.0 Å². The molecule has 0 aliphatic carbocycles. The molecule has 0 aliphatic rings. The molecule has 0 heterocycles. The minimum absolute atomic E-state index is 0.227. The van der Waals surface area contributed by atoms with E-state index in [2.05, 4.69) is 45.3 Å². The number of carbonyl (C=O) groups excluding carboxylic acids is 1. The van der Waals surface area contributed by atoms with E-state index in [0.29, 0.717) is 12.5 Å². The van der Waals surface area contributed by atoms with Crippen LogP contribution in [0, 0.1) is 11.3 Å². The van der Waals surface area contributed by atoms with Gasteiger partial charge in [0, 0.05) is 19.1 Å². The van der Waals surface area contributed by atoms with E-state index >= 15 is 0 Å². The summed E-state index contributed by atoms with van der Waals surface area (Å²) < 4.78 is 5.19. The Balaban J connectivity index is 3.94. The molecule has 0 saturated heterocycles. The Labute approximate surface area is 118 Å². The Bertz CT molecular complexity index is 280. The highest BCUT2D eigenvalue weighted by molar-refractivity contribution is 5.67. The van der Waals surface area contributed by atoms with E-state index in [4.69, 9.17) is 4.74 Å². The molecule has 0 aromatic rings. The van der Waals surface area contributed by atoms with Gasteiger partial charge in [0.1, 0.15) is 5.60 Å². The predicted molar refractivity (Wildman–Crippen MR) is 80.3 cm³/mol. The average molecular weight is 272 g/mol. The van der Waals surface area contributed by atoms with Crippen molar-refractivity contribution in [2.24, 2.45) is 11.3 Å². The summed E-state index contributed by atoms with van der Waals surface area (Å²) >= 11 is 0. The van der Waals surface area contributed by atoms with Gasteiger partial charge in [-0.15, -0.1) is 0 Å². The second kappa shape index (κ2) is 7.13. The van der Waals surface area contributed by atoms with Gasteiger partial charge in [0.2, 0.25) is 0 Å². The molecular formula is C15H32N2O2. The van der Waals surface area contributed by atoms with Gasteiger partial charge < -0.3 is 15.4 Å². The standard InChI is InChI=1S/C15H32N2O2/c1-11(2)15(7,8)10-17-12(3)9-16-13(18)19-14(4,5)6/h11-12,17H,9-10H2,1-8H3,(H,16,18). The third-order valence-electron chi connectivity index (χ3n) is 3.42. The zero-order valence-electron chi connectivity index (χ0n) is 13.9. The van der Waals surface area contributed by atoms with Gasteiger partial charge in [0.15, 0.2) is 0 Å². The molecule has 0 aliphatic heterocycles. The molecule has 1 atom stereocenters. The summed E-state index contributed by atoms with van der Waals surface area (Å²) in [6.07, 6.45) is -0.357. The number of hydrogen-bond acceptors (Lipinski definition) is 3. The van der Waals surface area contributed by atoms with E-state index in [9.17, 15) is 4.79 Å². The number of amides is 1. The van der Waals surface area contributed by atoms with Crippen LogP contribution in [0.1, 0.15) is 55.4 Å². The van der Waals surface area contributed by atoms with Crippen LogP contribution < -0.4 is 10.6 Å². The zero-order chi connectivity index (χ0) is 15.3. The van der Waals surface area contributed by atoms with Gasteiger partial charge in [0.05, 0.1) is 0 Å². The summed E-state index contributed by atoms with van der Waals surface area (Å²) in [5.74, 6) is 0.617. The fourth-order valence-electron chi connectivity index (χ4n) is 1.26. The Kier molecular flexibility index (Phi) is 6.84. The molecule has 0 fully saturated rings. The lowest BCUT2D eigenvalue weighted by atomic mass is 9.81. The van der Waals surface area contributed by atoms with Crippen molar-refractivity contribution in [3.63, 3.8) is 0 Å². The summed E-state index contributed by atoms with van der Waals surface area (Å²) in [4.78, 5) is 11.5. The molecule has 0 aromatic carbocycles. The van der Waals surface area contributed by atoms with Crippen LogP contribution in [0.15, 0.2) is 0 Å². The molecular weight excluding hydrogens is 240 g/mol. The van der Waals surface area contributed by atoms with Crippen LogP contribution in [0.5, 0.6) is 0 Å². The first-order chi connectivity index (χ1) is 8.44. The van der Waals surface area contributed by atoms with Crippen molar-refractivity contribution in [1.29, 1.82) is 0 Å². The Morgan fingerprint density at radius 2 is 1.63 bits per heavy atom. The van der Waals surface area contributed by atoms with Gasteiger partial charge in [-0.1, -0.05) is 27.7 Å². The lowest BCUT2D eigenvalue weighted by molar-refractivity contribution is 0.0522. The second-order valence-corrected chi connectivity index (χ2v) is 7.31. The fourth-order valence-corrected chi connectivity index (χ4v) is 1.26. The van der Waals surface area contributed by atoms with E-state index < -0.39 is 5.60 Å². The maximum atomic E-state index is 11.5. The SMILES string of the molecule is CC(CNC(=O)OC(C)(C)C)NCC(C)(C)C(C)C. The summed E-state index contributed by atoms with van der Waals surface area (Å²) in [6.45, 7) is 18.1. The van der Waals surface area contributed by atoms with E-state index in [1.807, 2.05) is 20.8 Å². The number of nitrogens with one attached hydrogen (secondary N) is 2. The maximum absolute atomic E-state index is 11.5. The van der Waals surface area contributed by atoms with Crippen molar-refractivity contribution in [1.82, 2.24) is 10.6 Å². The van der Waals surface area contributed by atoms with Crippen molar-refractivity contribution < 1.29 is 9.53 Å². The third kappa shape index (κ3) is 8.87. The predicted octanol–water partition coefficient (Wildman–Crippen LogP) is 3.17. The van der Waals surface area contributed by atoms with E-state index in [-0.39, 0.29) is 17.6 Å². The van der Waals surface area contributed by atoms with E-state index in [1.165, 1.54) is 0 Å². The lowest BCUT2D eigenvalue weighted by Crippen LogP contribution is -2.44. The maximum Gasteiger partial charge on any atom is 0.407 e. The molecule has 19 heavy (non-hydrogen) atoms. The van der Waals surface area contributed by atoms with Crippen molar-refractivity contribution in [2.75, 3.05) is 13.1 Å². The molecule has 1 unspecified atom stereocenters. The number of hydrogen-bond donors (Lipinski definition) is 2. The molecule has 0 spiro atoms. The molecule has 1 amide bonds. The molecule has 4 heteroatoms. The first-order valence-electron chi connectivity index (χ1n) is 7.14. The first-order valence-corrected chi connectivity index (χ1v) is 7.14. The van der Waals surface area contributed by atoms with Gasteiger partial charge in [-0.3, -0.25) is 0 Å². The van der Waals surface area contributed by atoms with Crippen LogP contribution in [-0.4, -0.2) is 30.8 Å². The molecule has 0 bridgehead atoms. The Morgan fingerprint density at radius 1 is 1.11 bits per heavy atom. The minimum atomic E-state index is -0.444. The molecule has 0 saturated carbocycles. The highest BCUT2D eigenvalue weighted by atomic mass is 16.6. The van der Waals surface area contributed by atoms with Crippen LogP contribution in [0.2, 0.25) is 0 Å². The minimum Gasteiger partial charge on any atom is -0.444 e. The molecule has 114 valence electrons. The van der Waals surface area contributed by atoms with Crippen LogP contribution in [0.3, 0.4) is 0 Å². The highest BCUT2D eigenvalue weighted by Crippen LogP contribution is 2.24. The summed E-state index contributed by atoms with van der Waals surface area (Å²) in [7, 11) is 0. The van der Waals surface area contributed by atoms with Crippen LogP contribution in [0.4, 0.5) is 4.79 Å². The van der Waals surface area contributed by atoms with Crippen LogP contribution >= 0.6 is 0 Å². The van der Waals surface area contributed by atoms with Gasteiger partial charge in [-0.05, 0) is 39.0 Å². The number of alkyl carbamates (subject to hydrolysis) is 1. The lowest BCUT2D eigenvalue weighted by Gasteiger charge is -2.31. The van der Waals surface area contributed by atoms with Crippen molar-refractivity contribution >= 4 is 6.09 Å². The molecule has 0 rings (SSSR count). The topological polar surface area (TPSA) is 50.4 Å². The Hall–Kier alpha value is -0.770. The molecule has 2 N–H and O–H groups in total. The van der Waals surface area contributed by atoms with Crippen LogP contribution in [-0.2, 0) is 4.74 Å². The number of rotatable bonds is 6. The summed E-state index contributed by atoms with van der Waals surface area (Å²) in [5.41, 5.74) is -0.194. The summed E-state index contributed by atoms with van der Waals surface area (Å²) in [6, 6.07) is 0.227. The zero-order valence-corrected chi connectivity index (χ0v) is 13.9. The highest BCUT2D eigenvalue weighted by Gasteiger charge is 2.23. The Morgan fingerprint density at radius 3 is 2.05 bits per heavy atom.